The van der Waals surface area contributed by atoms with Crippen molar-refractivity contribution in [2.24, 2.45) is 0 Å². The summed E-state index contributed by atoms with van der Waals surface area (Å²) < 4.78 is 6.75. The molecule has 0 amide bonds. The standard InChI is InChI=1S/C57H37NO/c1-56(44-24-10-5-19-38(44)39-20-6-11-25-45(39)56)49-29-16-32-53-55(49)43-35-37(33-34-52(43)59-53)58(36-17-3-2-4-18-36)51-31-15-30-50-54(51)42-23-9-14-28-48(42)57(50)46-26-12-7-21-40(46)41-22-8-13-27-47(41)57/h2-35H,1H3. The lowest BCUT2D eigenvalue weighted by atomic mass is 9.70. The second-order valence-corrected chi connectivity index (χ2v) is 16.4. The number of furan rings is 1. The van der Waals surface area contributed by atoms with E-state index in [4.69, 9.17) is 4.42 Å². The van der Waals surface area contributed by atoms with Gasteiger partial charge in [-0.1, -0.05) is 164 Å². The van der Waals surface area contributed by atoms with Gasteiger partial charge in [0.1, 0.15) is 11.2 Å². The third kappa shape index (κ3) is 4.10. The van der Waals surface area contributed by atoms with Crippen molar-refractivity contribution in [2.75, 3.05) is 4.90 Å². The van der Waals surface area contributed by atoms with Crippen LogP contribution in [-0.4, -0.2) is 0 Å². The minimum atomic E-state index is -0.430. The number of hydrogen-bond donors (Lipinski definition) is 0. The molecule has 0 aliphatic heterocycles. The highest BCUT2D eigenvalue weighted by Gasteiger charge is 2.52. The lowest BCUT2D eigenvalue weighted by Crippen LogP contribution is -2.26. The summed E-state index contributed by atoms with van der Waals surface area (Å²) in [6, 6.07) is 76.1. The Morgan fingerprint density at radius 1 is 0.373 bits per heavy atom. The fourth-order valence-corrected chi connectivity index (χ4v) is 11.4. The Kier molecular flexibility index (Phi) is 6.54. The molecule has 13 rings (SSSR count). The van der Waals surface area contributed by atoms with E-state index in [1.165, 1.54) is 72.3 Å². The number of benzene rings is 9. The Labute approximate surface area is 343 Å². The van der Waals surface area contributed by atoms with Gasteiger partial charge >= 0.3 is 0 Å². The third-order valence-corrected chi connectivity index (χ3v) is 13.8. The van der Waals surface area contributed by atoms with Gasteiger partial charge in [0.15, 0.2) is 0 Å². The molecule has 1 spiro atoms. The van der Waals surface area contributed by atoms with E-state index < -0.39 is 5.41 Å². The first-order chi connectivity index (χ1) is 29.2. The predicted molar refractivity (Wildman–Crippen MR) is 242 cm³/mol. The van der Waals surface area contributed by atoms with Crippen LogP contribution in [0.2, 0.25) is 0 Å². The summed E-state index contributed by atoms with van der Waals surface area (Å²) >= 11 is 0. The lowest BCUT2D eigenvalue weighted by molar-refractivity contribution is 0.666. The number of fused-ring (bicyclic) bond motifs is 16. The molecule has 2 heteroatoms. The number of hydrogen-bond acceptors (Lipinski definition) is 2. The number of nitrogens with zero attached hydrogens (tertiary/aromatic N) is 1. The SMILES string of the molecule is CC1(c2cccc3oc4ccc(N(c5ccccc5)c5cccc6c5-c5ccccc5C65c6ccccc6-c6ccccc65)cc4c23)c2ccccc2-c2ccccc21. The summed E-state index contributed by atoms with van der Waals surface area (Å²) in [5, 5.41) is 2.27. The summed E-state index contributed by atoms with van der Waals surface area (Å²) in [5.41, 5.74) is 21.3. The molecule has 10 aromatic rings. The maximum absolute atomic E-state index is 6.75. The van der Waals surface area contributed by atoms with Crippen molar-refractivity contribution >= 4 is 39.0 Å². The molecule has 0 bridgehead atoms. The Bertz CT molecular complexity index is 3280. The third-order valence-electron chi connectivity index (χ3n) is 13.8. The highest BCUT2D eigenvalue weighted by molar-refractivity contribution is 6.10. The number of rotatable bonds is 4. The summed E-state index contributed by atoms with van der Waals surface area (Å²) in [5.74, 6) is 0. The fraction of sp³-hybridized carbons (Fsp3) is 0.0526. The average molecular weight is 752 g/mol. The zero-order valence-corrected chi connectivity index (χ0v) is 32.5. The van der Waals surface area contributed by atoms with Gasteiger partial charge in [-0.3, -0.25) is 0 Å². The fourth-order valence-electron chi connectivity index (χ4n) is 11.4. The minimum absolute atomic E-state index is 0.370. The van der Waals surface area contributed by atoms with Crippen LogP contribution in [0.1, 0.15) is 45.9 Å². The van der Waals surface area contributed by atoms with Crippen LogP contribution in [-0.2, 0) is 10.8 Å². The first-order valence-electron chi connectivity index (χ1n) is 20.6. The summed E-state index contributed by atoms with van der Waals surface area (Å²) in [6.45, 7) is 2.39. The van der Waals surface area contributed by atoms with Gasteiger partial charge in [0.05, 0.1) is 11.1 Å². The molecule has 0 fully saturated rings. The highest BCUT2D eigenvalue weighted by atomic mass is 16.3. The zero-order valence-electron chi connectivity index (χ0n) is 32.5. The minimum Gasteiger partial charge on any atom is -0.456 e. The van der Waals surface area contributed by atoms with E-state index in [9.17, 15) is 0 Å². The zero-order chi connectivity index (χ0) is 38.9. The molecular weight excluding hydrogens is 715 g/mol. The normalized spacial score (nSPS) is 14.5. The van der Waals surface area contributed by atoms with Crippen molar-refractivity contribution in [1.29, 1.82) is 0 Å². The van der Waals surface area contributed by atoms with Crippen LogP contribution in [0.15, 0.2) is 211 Å². The van der Waals surface area contributed by atoms with Gasteiger partial charge in [-0.15, -0.1) is 0 Å². The summed E-state index contributed by atoms with van der Waals surface area (Å²) in [6.07, 6.45) is 0. The second kappa shape index (κ2) is 11.8. The topological polar surface area (TPSA) is 16.4 Å². The van der Waals surface area contributed by atoms with E-state index in [1.54, 1.807) is 0 Å². The van der Waals surface area contributed by atoms with Gasteiger partial charge in [0.2, 0.25) is 0 Å². The molecule has 2 nitrogen and oxygen atoms in total. The van der Waals surface area contributed by atoms with Crippen LogP contribution < -0.4 is 4.90 Å². The van der Waals surface area contributed by atoms with Crippen molar-refractivity contribution in [1.82, 2.24) is 0 Å². The van der Waals surface area contributed by atoms with E-state index >= 15 is 0 Å². The highest BCUT2D eigenvalue weighted by Crippen LogP contribution is 2.65. The molecule has 0 saturated carbocycles. The van der Waals surface area contributed by atoms with Crippen molar-refractivity contribution in [2.45, 2.75) is 17.8 Å². The molecule has 0 radical (unpaired) electrons. The van der Waals surface area contributed by atoms with Gasteiger partial charge in [-0.2, -0.15) is 0 Å². The van der Waals surface area contributed by atoms with Gasteiger partial charge in [0.25, 0.3) is 0 Å². The van der Waals surface area contributed by atoms with Gasteiger partial charge in [-0.05, 0) is 116 Å². The molecular formula is C57H37NO. The molecule has 0 unspecified atom stereocenters. The first kappa shape index (κ1) is 32.6. The maximum Gasteiger partial charge on any atom is 0.135 e. The molecule has 1 heterocycles. The smallest absolute Gasteiger partial charge is 0.135 e. The van der Waals surface area contributed by atoms with E-state index in [2.05, 4.69) is 218 Å². The molecule has 3 aliphatic rings. The molecule has 0 N–H and O–H groups in total. The van der Waals surface area contributed by atoms with Crippen LogP contribution in [0.4, 0.5) is 17.1 Å². The van der Waals surface area contributed by atoms with Gasteiger partial charge in [-0.25, -0.2) is 0 Å². The van der Waals surface area contributed by atoms with Crippen LogP contribution in [0, 0.1) is 0 Å². The molecule has 0 saturated heterocycles. The van der Waals surface area contributed by atoms with E-state index in [0.29, 0.717) is 0 Å². The van der Waals surface area contributed by atoms with Crippen LogP contribution in [0.25, 0.3) is 55.3 Å². The average Bonchev–Trinajstić information content (AvgIpc) is 4.00. The first-order valence-corrected chi connectivity index (χ1v) is 20.6. The summed E-state index contributed by atoms with van der Waals surface area (Å²) in [4.78, 5) is 2.46. The Morgan fingerprint density at radius 2 is 0.864 bits per heavy atom. The van der Waals surface area contributed by atoms with Crippen LogP contribution >= 0.6 is 0 Å². The summed E-state index contributed by atoms with van der Waals surface area (Å²) in [7, 11) is 0. The second-order valence-electron chi connectivity index (χ2n) is 16.4. The Hall–Kier alpha value is -7.42. The van der Waals surface area contributed by atoms with Crippen LogP contribution in [0.5, 0.6) is 0 Å². The molecule has 59 heavy (non-hydrogen) atoms. The van der Waals surface area contributed by atoms with Crippen molar-refractivity contribution in [3.05, 3.63) is 245 Å². The monoisotopic (exact) mass is 751 g/mol. The van der Waals surface area contributed by atoms with Crippen LogP contribution in [0.3, 0.4) is 0 Å². The molecule has 0 atom stereocenters. The Morgan fingerprint density at radius 3 is 1.51 bits per heavy atom. The number of anilines is 3. The van der Waals surface area contributed by atoms with Crippen molar-refractivity contribution in [3.63, 3.8) is 0 Å². The molecule has 1 aromatic heterocycles. The molecule has 3 aliphatic carbocycles. The van der Waals surface area contributed by atoms with Gasteiger partial charge in [0, 0.05) is 33.1 Å². The van der Waals surface area contributed by atoms with E-state index in [-0.39, 0.29) is 5.41 Å². The van der Waals surface area contributed by atoms with E-state index in [0.717, 1.165) is 39.0 Å². The quantitative estimate of drug-likeness (QED) is 0.178. The van der Waals surface area contributed by atoms with Crippen molar-refractivity contribution in [3.8, 4) is 33.4 Å². The van der Waals surface area contributed by atoms with Crippen molar-refractivity contribution < 1.29 is 4.42 Å². The Balaban J connectivity index is 1.08. The molecule has 276 valence electrons. The maximum atomic E-state index is 6.75. The van der Waals surface area contributed by atoms with E-state index in [1.807, 2.05) is 0 Å². The predicted octanol–water partition coefficient (Wildman–Crippen LogP) is 14.7. The lowest BCUT2D eigenvalue weighted by Gasteiger charge is -2.32. The number of para-hydroxylation sites is 1. The largest absolute Gasteiger partial charge is 0.456 e. The van der Waals surface area contributed by atoms with Gasteiger partial charge < -0.3 is 9.32 Å². The molecule has 9 aromatic carbocycles.